The first kappa shape index (κ1) is 19.4. The van der Waals surface area contributed by atoms with Crippen molar-refractivity contribution >= 4 is 11.6 Å². The van der Waals surface area contributed by atoms with Gasteiger partial charge in [0.05, 0.1) is 6.04 Å². The van der Waals surface area contributed by atoms with Crippen molar-refractivity contribution in [2.75, 3.05) is 18.0 Å². The highest BCUT2D eigenvalue weighted by Crippen LogP contribution is 2.24. The smallest absolute Gasteiger partial charge is 0.220 e. The fraction of sp³-hybridized carbons (Fsp3) is 0.435. The molecule has 144 valence electrons. The summed E-state index contributed by atoms with van der Waals surface area (Å²) in [5.74, 6) is 0.512. The van der Waals surface area contributed by atoms with Crippen LogP contribution in [0, 0.1) is 11.7 Å². The number of carbonyl (C=O) groups is 1. The summed E-state index contributed by atoms with van der Waals surface area (Å²) in [6.07, 6.45) is 3.59. The summed E-state index contributed by atoms with van der Waals surface area (Å²) in [5.41, 5.74) is 3.35. The summed E-state index contributed by atoms with van der Waals surface area (Å²) in [6.45, 7) is 6.56. The number of halogens is 1. The Balaban J connectivity index is 1.50. The Morgan fingerprint density at radius 1 is 1.19 bits per heavy atom. The van der Waals surface area contributed by atoms with Crippen molar-refractivity contribution in [3.8, 4) is 0 Å². The average Bonchev–Trinajstić information content (AvgIpc) is 2.67. The zero-order valence-electron chi connectivity index (χ0n) is 16.2. The predicted octanol–water partition coefficient (Wildman–Crippen LogP) is 4.87. The number of amides is 1. The molecule has 1 fully saturated rings. The minimum Gasteiger partial charge on any atom is -0.371 e. The second kappa shape index (κ2) is 9.03. The Bertz CT molecular complexity index is 742. The van der Waals surface area contributed by atoms with Crippen LogP contribution in [0.3, 0.4) is 0 Å². The average molecular weight is 368 g/mol. The Morgan fingerprint density at radius 2 is 1.89 bits per heavy atom. The monoisotopic (exact) mass is 368 g/mol. The van der Waals surface area contributed by atoms with E-state index in [-0.39, 0.29) is 17.8 Å². The molecule has 0 unspecified atom stereocenters. The van der Waals surface area contributed by atoms with Crippen molar-refractivity contribution in [3.05, 3.63) is 65.5 Å². The van der Waals surface area contributed by atoms with Crippen LogP contribution in [0.2, 0.25) is 0 Å². The van der Waals surface area contributed by atoms with Gasteiger partial charge in [0.25, 0.3) is 0 Å². The van der Waals surface area contributed by atoms with Crippen molar-refractivity contribution in [3.63, 3.8) is 0 Å². The number of hydrogen-bond acceptors (Lipinski definition) is 2. The predicted molar refractivity (Wildman–Crippen MR) is 108 cm³/mol. The SMILES string of the molecule is C[C@H]1CCCN(c2ccc([C@H](C)NC(=O)CCc3ccc(F)cc3)cc2)C1. The lowest BCUT2D eigenvalue weighted by Gasteiger charge is -2.33. The first-order valence-electron chi connectivity index (χ1n) is 9.90. The van der Waals surface area contributed by atoms with Crippen molar-refractivity contribution in [2.24, 2.45) is 5.92 Å². The highest BCUT2D eigenvalue weighted by atomic mass is 19.1. The maximum absolute atomic E-state index is 12.9. The second-order valence-corrected chi connectivity index (χ2v) is 7.70. The molecule has 1 aliphatic heterocycles. The van der Waals surface area contributed by atoms with Crippen LogP contribution in [0.5, 0.6) is 0 Å². The molecule has 1 saturated heterocycles. The molecule has 3 rings (SSSR count). The zero-order valence-corrected chi connectivity index (χ0v) is 16.2. The van der Waals surface area contributed by atoms with Gasteiger partial charge in [0, 0.05) is 25.2 Å². The van der Waals surface area contributed by atoms with Gasteiger partial charge in [-0.05, 0) is 67.5 Å². The number of aryl methyl sites for hydroxylation is 1. The Morgan fingerprint density at radius 3 is 2.56 bits per heavy atom. The van der Waals surface area contributed by atoms with E-state index < -0.39 is 0 Å². The molecule has 0 saturated carbocycles. The lowest BCUT2D eigenvalue weighted by atomic mass is 9.99. The summed E-state index contributed by atoms with van der Waals surface area (Å²) in [4.78, 5) is 14.7. The zero-order chi connectivity index (χ0) is 19.2. The van der Waals surface area contributed by atoms with E-state index in [1.165, 1.54) is 30.7 Å². The number of rotatable bonds is 6. The molecule has 0 aromatic heterocycles. The van der Waals surface area contributed by atoms with Crippen LogP contribution in [-0.4, -0.2) is 19.0 Å². The Kier molecular flexibility index (Phi) is 6.49. The third kappa shape index (κ3) is 5.56. The fourth-order valence-corrected chi connectivity index (χ4v) is 3.70. The minimum atomic E-state index is -0.251. The summed E-state index contributed by atoms with van der Waals surface area (Å²) in [5, 5.41) is 3.06. The van der Waals surface area contributed by atoms with E-state index in [4.69, 9.17) is 0 Å². The van der Waals surface area contributed by atoms with Gasteiger partial charge in [-0.25, -0.2) is 4.39 Å². The van der Waals surface area contributed by atoms with E-state index in [1.54, 1.807) is 12.1 Å². The molecule has 2 aromatic rings. The van der Waals surface area contributed by atoms with Crippen LogP contribution in [0.4, 0.5) is 10.1 Å². The molecule has 3 nitrogen and oxygen atoms in total. The van der Waals surface area contributed by atoms with E-state index in [0.717, 1.165) is 30.1 Å². The van der Waals surface area contributed by atoms with Crippen LogP contribution >= 0.6 is 0 Å². The molecule has 27 heavy (non-hydrogen) atoms. The van der Waals surface area contributed by atoms with Gasteiger partial charge >= 0.3 is 0 Å². The van der Waals surface area contributed by atoms with E-state index in [1.807, 2.05) is 6.92 Å². The van der Waals surface area contributed by atoms with Gasteiger partial charge in [0.1, 0.15) is 5.82 Å². The summed E-state index contributed by atoms with van der Waals surface area (Å²) < 4.78 is 12.9. The molecular weight excluding hydrogens is 339 g/mol. The topological polar surface area (TPSA) is 32.3 Å². The van der Waals surface area contributed by atoms with Crippen molar-refractivity contribution < 1.29 is 9.18 Å². The van der Waals surface area contributed by atoms with Crippen LogP contribution in [0.1, 0.15) is 50.3 Å². The number of hydrogen-bond donors (Lipinski definition) is 1. The minimum absolute atomic E-state index is 0.0146. The number of piperidine rings is 1. The molecule has 1 aliphatic rings. The number of nitrogens with zero attached hydrogens (tertiary/aromatic N) is 1. The van der Waals surface area contributed by atoms with Crippen LogP contribution in [-0.2, 0) is 11.2 Å². The van der Waals surface area contributed by atoms with E-state index >= 15 is 0 Å². The highest BCUT2D eigenvalue weighted by Gasteiger charge is 2.17. The van der Waals surface area contributed by atoms with Gasteiger partial charge in [-0.3, -0.25) is 4.79 Å². The summed E-state index contributed by atoms with van der Waals surface area (Å²) in [6, 6.07) is 14.8. The lowest BCUT2D eigenvalue weighted by Crippen LogP contribution is -2.34. The molecular formula is C23H29FN2O. The van der Waals surface area contributed by atoms with Crippen LogP contribution in [0.25, 0.3) is 0 Å². The first-order valence-corrected chi connectivity index (χ1v) is 9.90. The van der Waals surface area contributed by atoms with E-state index in [2.05, 4.69) is 41.4 Å². The molecule has 0 bridgehead atoms. The molecule has 1 heterocycles. The lowest BCUT2D eigenvalue weighted by molar-refractivity contribution is -0.121. The Hall–Kier alpha value is -2.36. The van der Waals surface area contributed by atoms with Crippen LogP contribution < -0.4 is 10.2 Å². The maximum atomic E-state index is 12.9. The molecule has 2 atom stereocenters. The van der Waals surface area contributed by atoms with Gasteiger partial charge in [-0.2, -0.15) is 0 Å². The Labute approximate surface area is 161 Å². The summed E-state index contributed by atoms with van der Waals surface area (Å²) in [7, 11) is 0. The van der Waals surface area contributed by atoms with Crippen molar-refractivity contribution in [1.82, 2.24) is 5.32 Å². The molecule has 1 N–H and O–H groups in total. The number of carbonyl (C=O) groups excluding carboxylic acids is 1. The van der Waals surface area contributed by atoms with Gasteiger partial charge in [-0.15, -0.1) is 0 Å². The third-order valence-electron chi connectivity index (χ3n) is 5.35. The standard InChI is InChI=1S/C23H29FN2O/c1-17-4-3-15-26(16-17)22-12-8-20(9-13-22)18(2)25-23(27)14-7-19-5-10-21(24)11-6-19/h5-6,8-13,17-18H,3-4,7,14-16H2,1-2H3,(H,25,27)/t17-,18-/m0/s1. The molecule has 0 aliphatic carbocycles. The van der Waals surface area contributed by atoms with Gasteiger partial charge in [-0.1, -0.05) is 31.2 Å². The van der Waals surface area contributed by atoms with Gasteiger partial charge in [0.15, 0.2) is 0 Å². The number of benzene rings is 2. The molecule has 2 aromatic carbocycles. The normalized spacial score (nSPS) is 18.2. The second-order valence-electron chi connectivity index (χ2n) is 7.70. The van der Waals surface area contributed by atoms with E-state index in [0.29, 0.717) is 12.8 Å². The summed E-state index contributed by atoms with van der Waals surface area (Å²) >= 11 is 0. The van der Waals surface area contributed by atoms with Crippen molar-refractivity contribution in [1.29, 1.82) is 0 Å². The maximum Gasteiger partial charge on any atom is 0.220 e. The largest absolute Gasteiger partial charge is 0.371 e. The first-order chi connectivity index (χ1) is 13.0. The number of anilines is 1. The van der Waals surface area contributed by atoms with E-state index in [9.17, 15) is 9.18 Å². The van der Waals surface area contributed by atoms with Crippen molar-refractivity contribution in [2.45, 2.75) is 45.6 Å². The molecule has 0 radical (unpaired) electrons. The quantitative estimate of drug-likeness (QED) is 0.789. The van der Waals surface area contributed by atoms with Gasteiger partial charge < -0.3 is 10.2 Å². The number of nitrogens with one attached hydrogen (secondary N) is 1. The third-order valence-corrected chi connectivity index (χ3v) is 5.35. The van der Waals surface area contributed by atoms with Crippen LogP contribution in [0.15, 0.2) is 48.5 Å². The molecule has 1 amide bonds. The molecule has 0 spiro atoms. The fourth-order valence-electron chi connectivity index (χ4n) is 3.70. The highest BCUT2D eigenvalue weighted by molar-refractivity contribution is 5.76. The molecule has 4 heteroatoms. The van der Waals surface area contributed by atoms with Gasteiger partial charge in [0.2, 0.25) is 5.91 Å².